The molecule has 2 rings (SSSR count). The van der Waals surface area contributed by atoms with Crippen molar-refractivity contribution >= 4 is 11.6 Å². The Morgan fingerprint density at radius 1 is 1.38 bits per heavy atom. The number of nitriles is 1. The minimum Gasteiger partial charge on any atom is -0.314 e. The highest BCUT2D eigenvalue weighted by Crippen LogP contribution is 2.22. The van der Waals surface area contributed by atoms with Crippen molar-refractivity contribution in [2.24, 2.45) is 0 Å². The summed E-state index contributed by atoms with van der Waals surface area (Å²) in [7, 11) is 0. The molecule has 84 valence electrons. The predicted molar refractivity (Wildman–Crippen MR) is 64.2 cm³/mol. The largest absolute Gasteiger partial charge is 0.314 e. The van der Waals surface area contributed by atoms with Crippen LogP contribution in [0.1, 0.15) is 11.6 Å². The lowest BCUT2D eigenvalue weighted by Crippen LogP contribution is -2.44. The van der Waals surface area contributed by atoms with E-state index in [1.807, 2.05) is 24.3 Å². The van der Waals surface area contributed by atoms with Crippen LogP contribution in [0.2, 0.25) is 5.02 Å². The van der Waals surface area contributed by atoms with E-state index in [0.29, 0.717) is 5.02 Å². The quantitative estimate of drug-likeness (QED) is 0.850. The summed E-state index contributed by atoms with van der Waals surface area (Å²) in [6, 6.07) is 9.73. The molecule has 16 heavy (non-hydrogen) atoms. The lowest BCUT2D eigenvalue weighted by molar-refractivity contribution is 0.207. The Labute approximate surface area is 101 Å². The van der Waals surface area contributed by atoms with Gasteiger partial charge in [-0.15, -0.1) is 0 Å². The predicted octanol–water partition coefficient (Wildman–Crippen LogP) is 1.81. The van der Waals surface area contributed by atoms with Gasteiger partial charge in [0.1, 0.15) is 6.04 Å². The minimum atomic E-state index is -0.180. The van der Waals surface area contributed by atoms with Crippen molar-refractivity contribution in [3.05, 3.63) is 34.9 Å². The molecule has 0 bridgehead atoms. The number of halogens is 1. The molecule has 0 saturated carbocycles. The molecule has 1 fully saturated rings. The van der Waals surface area contributed by atoms with Crippen LogP contribution in [0, 0.1) is 11.3 Å². The van der Waals surface area contributed by atoms with E-state index in [0.717, 1.165) is 31.7 Å². The topological polar surface area (TPSA) is 39.1 Å². The van der Waals surface area contributed by atoms with Crippen molar-refractivity contribution in [1.29, 1.82) is 5.26 Å². The van der Waals surface area contributed by atoms with Crippen molar-refractivity contribution in [2.45, 2.75) is 6.04 Å². The van der Waals surface area contributed by atoms with Crippen molar-refractivity contribution in [3.63, 3.8) is 0 Å². The van der Waals surface area contributed by atoms with Gasteiger partial charge in [0, 0.05) is 31.2 Å². The SMILES string of the molecule is N#CC(c1cccc(Cl)c1)N1CCNCC1. The normalized spacial score (nSPS) is 19.0. The van der Waals surface area contributed by atoms with Crippen LogP contribution in [-0.4, -0.2) is 31.1 Å². The van der Waals surface area contributed by atoms with Crippen LogP contribution in [0.3, 0.4) is 0 Å². The van der Waals surface area contributed by atoms with Crippen LogP contribution < -0.4 is 5.32 Å². The first-order chi connectivity index (χ1) is 7.81. The average Bonchev–Trinajstić information content (AvgIpc) is 2.31. The first kappa shape index (κ1) is 11.4. The molecule has 1 aliphatic rings. The van der Waals surface area contributed by atoms with Crippen LogP contribution in [0.5, 0.6) is 0 Å². The van der Waals surface area contributed by atoms with Gasteiger partial charge in [-0.2, -0.15) is 5.26 Å². The van der Waals surface area contributed by atoms with Gasteiger partial charge in [-0.1, -0.05) is 23.7 Å². The average molecular weight is 236 g/mol. The zero-order chi connectivity index (χ0) is 11.4. The van der Waals surface area contributed by atoms with Gasteiger partial charge in [-0.3, -0.25) is 4.90 Å². The summed E-state index contributed by atoms with van der Waals surface area (Å²) in [5.41, 5.74) is 0.983. The molecule has 1 N–H and O–H groups in total. The van der Waals surface area contributed by atoms with Crippen molar-refractivity contribution in [1.82, 2.24) is 10.2 Å². The molecule has 4 heteroatoms. The second-order valence-corrected chi connectivity index (χ2v) is 4.31. The summed E-state index contributed by atoms with van der Waals surface area (Å²) in [5, 5.41) is 13.2. The molecule has 1 heterocycles. The molecule has 0 aromatic heterocycles. The highest BCUT2D eigenvalue weighted by atomic mass is 35.5. The number of benzene rings is 1. The van der Waals surface area contributed by atoms with E-state index in [9.17, 15) is 5.26 Å². The zero-order valence-electron chi connectivity index (χ0n) is 8.99. The second-order valence-electron chi connectivity index (χ2n) is 3.87. The monoisotopic (exact) mass is 235 g/mol. The van der Waals surface area contributed by atoms with E-state index >= 15 is 0 Å². The minimum absolute atomic E-state index is 0.180. The summed E-state index contributed by atoms with van der Waals surface area (Å²) >= 11 is 5.94. The Balaban J connectivity index is 2.18. The molecular weight excluding hydrogens is 222 g/mol. The molecule has 3 nitrogen and oxygen atoms in total. The Hall–Kier alpha value is -1.08. The number of piperazine rings is 1. The molecule has 1 aromatic rings. The van der Waals surface area contributed by atoms with E-state index in [1.54, 1.807) is 0 Å². The van der Waals surface area contributed by atoms with Gasteiger partial charge >= 0.3 is 0 Å². The second kappa shape index (κ2) is 5.31. The van der Waals surface area contributed by atoms with E-state index < -0.39 is 0 Å². The maximum Gasteiger partial charge on any atom is 0.123 e. The molecule has 0 aliphatic carbocycles. The van der Waals surface area contributed by atoms with Crippen molar-refractivity contribution < 1.29 is 0 Å². The van der Waals surface area contributed by atoms with Gasteiger partial charge in [-0.25, -0.2) is 0 Å². The van der Waals surface area contributed by atoms with Crippen LogP contribution in [-0.2, 0) is 0 Å². The van der Waals surface area contributed by atoms with Gasteiger partial charge in [0.15, 0.2) is 0 Å². The lowest BCUT2D eigenvalue weighted by Gasteiger charge is -2.31. The first-order valence-electron chi connectivity index (χ1n) is 5.41. The van der Waals surface area contributed by atoms with Crippen LogP contribution in [0.15, 0.2) is 24.3 Å². The summed E-state index contributed by atoms with van der Waals surface area (Å²) in [4.78, 5) is 2.18. The standard InChI is InChI=1S/C12H14ClN3/c13-11-3-1-2-10(8-11)12(9-14)16-6-4-15-5-7-16/h1-3,8,12,15H,4-7H2. The molecule has 0 amide bonds. The Kier molecular flexibility index (Phi) is 3.79. The molecule has 0 spiro atoms. The first-order valence-corrected chi connectivity index (χ1v) is 5.79. The number of hydrogen-bond donors (Lipinski definition) is 1. The number of nitrogens with zero attached hydrogens (tertiary/aromatic N) is 2. The highest BCUT2D eigenvalue weighted by molar-refractivity contribution is 6.30. The summed E-state index contributed by atoms with van der Waals surface area (Å²) < 4.78 is 0. The van der Waals surface area contributed by atoms with Gasteiger partial charge in [0.25, 0.3) is 0 Å². The Morgan fingerprint density at radius 3 is 2.75 bits per heavy atom. The third-order valence-corrected chi connectivity index (χ3v) is 3.04. The summed E-state index contributed by atoms with van der Waals surface area (Å²) in [6.07, 6.45) is 0. The van der Waals surface area contributed by atoms with Gasteiger partial charge in [-0.05, 0) is 17.7 Å². The molecule has 1 unspecified atom stereocenters. The Morgan fingerprint density at radius 2 is 2.12 bits per heavy atom. The smallest absolute Gasteiger partial charge is 0.123 e. The van der Waals surface area contributed by atoms with E-state index in [2.05, 4.69) is 16.3 Å². The maximum atomic E-state index is 9.27. The maximum absolute atomic E-state index is 9.27. The highest BCUT2D eigenvalue weighted by Gasteiger charge is 2.21. The van der Waals surface area contributed by atoms with Gasteiger partial charge in [0.2, 0.25) is 0 Å². The third-order valence-electron chi connectivity index (χ3n) is 2.80. The van der Waals surface area contributed by atoms with Gasteiger partial charge < -0.3 is 5.32 Å². The molecule has 0 radical (unpaired) electrons. The summed E-state index contributed by atoms with van der Waals surface area (Å²) in [5.74, 6) is 0. The van der Waals surface area contributed by atoms with E-state index in [4.69, 9.17) is 11.6 Å². The Bertz CT molecular complexity index is 393. The third kappa shape index (κ3) is 2.53. The molecular formula is C12H14ClN3. The van der Waals surface area contributed by atoms with Crippen LogP contribution in [0.25, 0.3) is 0 Å². The fourth-order valence-corrected chi connectivity index (χ4v) is 2.18. The van der Waals surface area contributed by atoms with Crippen LogP contribution >= 0.6 is 11.6 Å². The number of rotatable bonds is 2. The van der Waals surface area contributed by atoms with Crippen LogP contribution in [0.4, 0.5) is 0 Å². The molecule has 1 saturated heterocycles. The summed E-state index contributed by atoms with van der Waals surface area (Å²) in [6.45, 7) is 3.70. The fourth-order valence-electron chi connectivity index (χ4n) is 1.98. The lowest BCUT2D eigenvalue weighted by atomic mass is 10.1. The molecule has 1 atom stereocenters. The molecule has 1 aliphatic heterocycles. The van der Waals surface area contributed by atoms with Gasteiger partial charge in [0.05, 0.1) is 6.07 Å². The van der Waals surface area contributed by atoms with Crippen molar-refractivity contribution in [3.8, 4) is 6.07 Å². The fraction of sp³-hybridized carbons (Fsp3) is 0.417. The van der Waals surface area contributed by atoms with E-state index in [-0.39, 0.29) is 6.04 Å². The van der Waals surface area contributed by atoms with E-state index in [1.165, 1.54) is 0 Å². The number of hydrogen-bond acceptors (Lipinski definition) is 3. The zero-order valence-corrected chi connectivity index (χ0v) is 9.74. The van der Waals surface area contributed by atoms with Crippen molar-refractivity contribution in [2.75, 3.05) is 26.2 Å². The number of nitrogens with one attached hydrogen (secondary N) is 1. The molecule has 1 aromatic carbocycles.